The van der Waals surface area contributed by atoms with E-state index in [9.17, 15) is 23.2 Å². The number of aryl methyl sites for hydroxylation is 1. The molecule has 0 atom stereocenters. The minimum Gasteiger partial charge on any atom is -0.355 e. The van der Waals surface area contributed by atoms with Gasteiger partial charge in [-0.1, -0.05) is 0 Å². The van der Waals surface area contributed by atoms with E-state index in [1.54, 1.807) is 6.07 Å². The smallest absolute Gasteiger partial charge is 0.355 e. The molecule has 0 saturated carbocycles. The molecule has 1 saturated heterocycles. The van der Waals surface area contributed by atoms with Gasteiger partial charge in [0.15, 0.2) is 5.65 Å². The Labute approximate surface area is 179 Å². The van der Waals surface area contributed by atoms with Crippen LogP contribution in [0.1, 0.15) is 34.7 Å². The predicted molar refractivity (Wildman–Crippen MR) is 108 cm³/mol. The zero-order valence-electron chi connectivity index (χ0n) is 16.7. The maximum Gasteiger partial charge on any atom is 0.453 e. The molecule has 0 bridgehead atoms. The van der Waals surface area contributed by atoms with Crippen LogP contribution in [-0.4, -0.2) is 38.8 Å². The molecule has 1 fully saturated rings. The van der Waals surface area contributed by atoms with Crippen molar-refractivity contribution in [1.29, 1.82) is 5.26 Å². The first-order valence-corrected chi connectivity index (χ1v) is 10.4. The van der Waals surface area contributed by atoms with Gasteiger partial charge in [-0.3, -0.25) is 4.79 Å². The maximum atomic E-state index is 13.1. The van der Waals surface area contributed by atoms with Crippen molar-refractivity contribution in [1.82, 2.24) is 19.8 Å². The standard InChI is InChI=1S/C19H18F3N7OS/c1-10-11(2)31-17(13(10)9-23)24-16(30)12-5-7-28(8-6-12)15-4-3-14-25-26-18(19(20,21)22)29(14)27-15/h3-4,12H,5-8H2,1-2H3,(H,24,30). The Kier molecular flexibility index (Phi) is 5.30. The minimum absolute atomic E-state index is 0.0140. The molecular formula is C19H18F3N7OS. The molecule has 0 radical (unpaired) electrons. The summed E-state index contributed by atoms with van der Waals surface area (Å²) in [5.74, 6) is -1.21. The summed E-state index contributed by atoms with van der Waals surface area (Å²) < 4.78 is 39.9. The number of thiophene rings is 1. The molecule has 3 aromatic heterocycles. The van der Waals surface area contributed by atoms with Crippen molar-refractivity contribution in [2.75, 3.05) is 23.3 Å². The number of nitrogens with one attached hydrogen (secondary N) is 1. The van der Waals surface area contributed by atoms with Gasteiger partial charge in [-0.25, -0.2) is 0 Å². The summed E-state index contributed by atoms with van der Waals surface area (Å²) in [5, 5.41) is 23.5. The normalized spacial score (nSPS) is 15.3. The second-order valence-electron chi connectivity index (χ2n) is 7.33. The lowest BCUT2D eigenvalue weighted by Gasteiger charge is -2.32. The highest BCUT2D eigenvalue weighted by molar-refractivity contribution is 7.16. The zero-order chi connectivity index (χ0) is 22.3. The molecule has 1 aliphatic heterocycles. The summed E-state index contributed by atoms with van der Waals surface area (Å²) in [7, 11) is 0. The van der Waals surface area contributed by atoms with Crippen molar-refractivity contribution in [3.05, 3.63) is 34.0 Å². The number of nitriles is 1. The minimum atomic E-state index is -4.66. The average Bonchev–Trinajstić information content (AvgIpc) is 3.28. The number of nitrogens with zero attached hydrogens (tertiary/aromatic N) is 6. The van der Waals surface area contributed by atoms with E-state index in [1.807, 2.05) is 18.7 Å². The van der Waals surface area contributed by atoms with E-state index < -0.39 is 12.0 Å². The number of piperidine rings is 1. The van der Waals surface area contributed by atoms with Gasteiger partial charge in [0, 0.05) is 23.9 Å². The van der Waals surface area contributed by atoms with Crippen LogP contribution in [-0.2, 0) is 11.0 Å². The van der Waals surface area contributed by atoms with Crippen LogP contribution in [0, 0.1) is 31.1 Å². The number of hydrogen-bond donors (Lipinski definition) is 1. The summed E-state index contributed by atoms with van der Waals surface area (Å²) in [4.78, 5) is 15.5. The number of fused-ring (bicyclic) bond motifs is 1. The van der Waals surface area contributed by atoms with Gasteiger partial charge in [-0.2, -0.15) is 22.9 Å². The van der Waals surface area contributed by atoms with E-state index in [0.29, 0.717) is 46.8 Å². The molecule has 0 spiro atoms. The van der Waals surface area contributed by atoms with Crippen LogP contribution in [0.4, 0.5) is 24.0 Å². The molecule has 4 rings (SSSR count). The molecule has 1 N–H and O–H groups in total. The molecule has 0 unspecified atom stereocenters. The molecule has 8 nitrogen and oxygen atoms in total. The average molecular weight is 449 g/mol. The maximum absolute atomic E-state index is 13.1. The molecule has 1 aliphatic rings. The Hall–Kier alpha value is -3.20. The lowest BCUT2D eigenvalue weighted by molar-refractivity contribution is -0.146. The largest absolute Gasteiger partial charge is 0.453 e. The number of carbonyl (C=O) groups excluding carboxylic acids is 1. The van der Waals surface area contributed by atoms with Crippen LogP contribution in [0.2, 0.25) is 0 Å². The fourth-order valence-electron chi connectivity index (χ4n) is 3.56. The lowest BCUT2D eigenvalue weighted by atomic mass is 9.96. The number of halogens is 3. The van der Waals surface area contributed by atoms with Crippen molar-refractivity contribution < 1.29 is 18.0 Å². The molecule has 12 heteroatoms. The van der Waals surface area contributed by atoms with Gasteiger partial charge >= 0.3 is 6.18 Å². The van der Waals surface area contributed by atoms with Gasteiger partial charge in [0.2, 0.25) is 5.91 Å². The number of amides is 1. The summed E-state index contributed by atoms with van der Waals surface area (Å²) >= 11 is 1.38. The van der Waals surface area contributed by atoms with Gasteiger partial charge in [-0.15, -0.1) is 26.6 Å². The van der Waals surface area contributed by atoms with Crippen molar-refractivity contribution in [2.24, 2.45) is 5.92 Å². The monoisotopic (exact) mass is 449 g/mol. The van der Waals surface area contributed by atoms with E-state index in [1.165, 1.54) is 17.4 Å². The van der Waals surface area contributed by atoms with Crippen molar-refractivity contribution >= 4 is 33.7 Å². The summed E-state index contributed by atoms with van der Waals surface area (Å²) in [6.45, 7) is 4.68. The quantitative estimate of drug-likeness (QED) is 0.657. The summed E-state index contributed by atoms with van der Waals surface area (Å²) in [5.41, 5.74) is 1.37. The first kappa shape index (κ1) is 21.0. The van der Waals surface area contributed by atoms with E-state index in [2.05, 4.69) is 26.7 Å². The van der Waals surface area contributed by atoms with E-state index >= 15 is 0 Å². The molecular weight excluding hydrogens is 431 g/mol. The van der Waals surface area contributed by atoms with Crippen LogP contribution in [0.25, 0.3) is 5.65 Å². The highest BCUT2D eigenvalue weighted by atomic mass is 32.1. The predicted octanol–water partition coefficient (Wildman–Crippen LogP) is 3.55. The van der Waals surface area contributed by atoms with Crippen LogP contribution in [0.5, 0.6) is 0 Å². The summed E-state index contributed by atoms with van der Waals surface area (Å²) in [6, 6.07) is 5.17. The molecule has 1 amide bonds. The third-order valence-electron chi connectivity index (χ3n) is 5.43. The number of anilines is 2. The Morgan fingerprint density at radius 1 is 1.26 bits per heavy atom. The van der Waals surface area contributed by atoms with Crippen molar-refractivity contribution in [3.8, 4) is 6.07 Å². The second-order valence-corrected chi connectivity index (χ2v) is 8.56. The lowest BCUT2D eigenvalue weighted by Crippen LogP contribution is -2.38. The number of aromatic nitrogens is 4. The van der Waals surface area contributed by atoms with E-state index in [-0.39, 0.29) is 17.5 Å². The topological polar surface area (TPSA) is 99.2 Å². The molecule has 4 heterocycles. The van der Waals surface area contributed by atoms with Crippen molar-refractivity contribution in [3.63, 3.8) is 0 Å². The zero-order valence-corrected chi connectivity index (χ0v) is 17.5. The number of carbonyl (C=O) groups is 1. The van der Waals surface area contributed by atoms with Crippen molar-refractivity contribution in [2.45, 2.75) is 32.9 Å². The van der Waals surface area contributed by atoms with Gasteiger partial charge in [0.05, 0.1) is 5.56 Å². The first-order chi connectivity index (χ1) is 14.7. The van der Waals surface area contributed by atoms with Gasteiger partial charge in [0.25, 0.3) is 5.82 Å². The Morgan fingerprint density at radius 3 is 2.61 bits per heavy atom. The molecule has 0 aromatic carbocycles. The number of hydrogen-bond acceptors (Lipinski definition) is 7. The van der Waals surface area contributed by atoms with E-state index in [4.69, 9.17) is 0 Å². The van der Waals surface area contributed by atoms with Crippen LogP contribution in [0.3, 0.4) is 0 Å². The fourth-order valence-corrected chi connectivity index (χ4v) is 4.57. The van der Waals surface area contributed by atoms with Gasteiger partial charge < -0.3 is 10.2 Å². The SMILES string of the molecule is Cc1sc(NC(=O)C2CCN(c3ccc4nnc(C(F)(F)F)n4n3)CC2)c(C#N)c1C. The van der Waals surface area contributed by atoms with Gasteiger partial charge in [-0.05, 0) is 44.4 Å². The third kappa shape index (κ3) is 3.93. The van der Waals surface area contributed by atoms with Crippen LogP contribution in [0.15, 0.2) is 12.1 Å². The third-order valence-corrected chi connectivity index (χ3v) is 6.55. The second kappa shape index (κ2) is 7.81. The number of rotatable bonds is 3. The van der Waals surface area contributed by atoms with Gasteiger partial charge in [0.1, 0.15) is 16.9 Å². The Bertz CT molecular complexity index is 1190. The fraction of sp³-hybridized carbons (Fsp3) is 0.421. The molecule has 0 aliphatic carbocycles. The highest BCUT2D eigenvalue weighted by Crippen LogP contribution is 2.33. The molecule has 162 valence electrons. The van der Waals surface area contributed by atoms with E-state index in [0.717, 1.165) is 10.4 Å². The molecule has 3 aromatic rings. The van der Waals surface area contributed by atoms with Crippen LogP contribution >= 0.6 is 11.3 Å². The number of alkyl halides is 3. The Morgan fingerprint density at radius 2 is 1.97 bits per heavy atom. The first-order valence-electron chi connectivity index (χ1n) is 9.54. The van der Waals surface area contributed by atoms with Crippen LogP contribution < -0.4 is 10.2 Å². The molecule has 31 heavy (non-hydrogen) atoms. The Balaban J connectivity index is 1.45. The summed E-state index contributed by atoms with van der Waals surface area (Å²) in [6.07, 6.45) is -3.62. The highest BCUT2D eigenvalue weighted by Gasteiger charge is 2.38.